The van der Waals surface area contributed by atoms with Crippen LogP contribution in [0.1, 0.15) is 0 Å². The molecule has 0 aliphatic carbocycles. The number of hydrogen-bond donors (Lipinski definition) is 1. The Kier molecular flexibility index (Phi) is 3.61. The minimum Gasteiger partial charge on any atom is -0.433 e. The third kappa shape index (κ3) is 2.85. The molecular formula is C10H10F2N2OS. The first-order valence-corrected chi connectivity index (χ1v) is 5.72. The zero-order valence-electron chi connectivity index (χ0n) is 8.32. The molecule has 0 spiro atoms. The number of halogens is 2. The van der Waals surface area contributed by atoms with Crippen LogP contribution in [0.15, 0.2) is 29.3 Å². The highest BCUT2D eigenvalue weighted by atomic mass is 32.2. The largest absolute Gasteiger partial charge is 0.433 e. The lowest BCUT2D eigenvalue weighted by Crippen LogP contribution is -2.09. The second-order valence-corrected chi connectivity index (χ2v) is 4.12. The molecule has 0 saturated heterocycles. The molecular weight excluding hydrogens is 234 g/mol. The Morgan fingerprint density at radius 2 is 2.19 bits per heavy atom. The normalized spacial score (nSPS) is 15.1. The molecule has 1 N–H and O–H groups in total. The number of thioether (sulfide) groups is 1. The number of anilines is 1. The van der Waals surface area contributed by atoms with Crippen LogP contribution in [-0.4, -0.2) is 24.1 Å². The summed E-state index contributed by atoms with van der Waals surface area (Å²) >= 11 is 1.56. The van der Waals surface area contributed by atoms with E-state index < -0.39 is 6.61 Å². The van der Waals surface area contributed by atoms with Crippen molar-refractivity contribution in [3.63, 3.8) is 0 Å². The molecule has 16 heavy (non-hydrogen) atoms. The van der Waals surface area contributed by atoms with Crippen molar-refractivity contribution in [3.8, 4) is 5.75 Å². The molecule has 2 rings (SSSR count). The van der Waals surface area contributed by atoms with Gasteiger partial charge in [0.25, 0.3) is 0 Å². The van der Waals surface area contributed by atoms with E-state index in [1.165, 1.54) is 6.07 Å². The van der Waals surface area contributed by atoms with E-state index in [0.29, 0.717) is 5.69 Å². The molecule has 0 fully saturated rings. The first-order valence-electron chi connectivity index (χ1n) is 4.74. The minimum atomic E-state index is -2.82. The van der Waals surface area contributed by atoms with Gasteiger partial charge >= 0.3 is 6.61 Å². The molecule has 1 heterocycles. The monoisotopic (exact) mass is 244 g/mol. The number of hydrogen-bond acceptors (Lipinski definition) is 4. The summed E-state index contributed by atoms with van der Waals surface area (Å²) in [7, 11) is 0. The van der Waals surface area contributed by atoms with Crippen molar-refractivity contribution < 1.29 is 13.5 Å². The van der Waals surface area contributed by atoms with E-state index >= 15 is 0 Å². The van der Waals surface area contributed by atoms with E-state index in [1.807, 2.05) is 0 Å². The third-order valence-corrected chi connectivity index (χ3v) is 2.82. The van der Waals surface area contributed by atoms with E-state index in [9.17, 15) is 8.78 Å². The van der Waals surface area contributed by atoms with Gasteiger partial charge in [0, 0.05) is 5.75 Å². The summed E-state index contributed by atoms with van der Waals surface area (Å²) < 4.78 is 28.7. The quantitative estimate of drug-likeness (QED) is 0.887. The van der Waals surface area contributed by atoms with E-state index in [0.717, 1.165) is 17.5 Å². The lowest BCUT2D eigenvalue weighted by Gasteiger charge is -2.11. The fourth-order valence-corrected chi connectivity index (χ4v) is 2.04. The van der Waals surface area contributed by atoms with Crippen molar-refractivity contribution in [2.24, 2.45) is 4.99 Å². The highest BCUT2D eigenvalue weighted by Crippen LogP contribution is 2.27. The number of nitrogens with one attached hydrogen (secondary N) is 1. The summed E-state index contributed by atoms with van der Waals surface area (Å²) in [6.07, 6.45) is 0. The molecule has 3 nitrogen and oxygen atoms in total. The fourth-order valence-electron chi connectivity index (χ4n) is 1.29. The van der Waals surface area contributed by atoms with Crippen LogP contribution >= 0.6 is 11.8 Å². The van der Waals surface area contributed by atoms with Crippen molar-refractivity contribution in [3.05, 3.63) is 24.3 Å². The van der Waals surface area contributed by atoms with Gasteiger partial charge in [-0.3, -0.25) is 4.99 Å². The molecule has 6 heteroatoms. The van der Waals surface area contributed by atoms with E-state index in [2.05, 4.69) is 15.0 Å². The second kappa shape index (κ2) is 5.16. The molecule has 1 aliphatic rings. The van der Waals surface area contributed by atoms with Gasteiger partial charge in [0.05, 0.1) is 12.2 Å². The number of amidine groups is 1. The summed E-state index contributed by atoms with van der Waals surface area (Å²) in [4.78, 5) is 4.18. The molecule has 0 unspecified atom stereocenters. The van der Waals surface area contributed by atoms with Gasteiger partial charge in [-0.15, -0.1) is 0 Å². The second-order valence-electron chi connectivity index (χ2n) is 3.03. The first-order chi connectivity index (χ1) is 7.75. The van der Waals surface area contributed by atoms with Gasteiger partial charge in [0.2, 0.25) is 0 Å². The van der Waals surface area contributed by atoms with E-state index in [4.69, 9.17) is 0 Å². The number of rotatable bonds is 3. The smallest absolute Gasteiger partial charge is 0.387 e. The van der Waals surface area contributed by atoms with Gasteiger partial charge < -0.3 is 10.1 Å². The molecule has 0 amide bonds. The van der Waals surface area contributed by atoms with Crippen molar-refractivity contribution >= 4 is 22.6 Å². The Morgan fingerprint density at radius 1 is 1.38 bits per heavy atom. The van der Waals surface area contributed by atoms with Gasteiger partial charge in [0.1, 0.15) is 5.75 Å². The summed E-state index contributed by atoms with van der Waals surface area (Å²) in [5.74, 6) is 1.05. The molecule has 0 atom stereocenters. The summed E-state index contributed by atoms with van der Waals surface area (Å²) in [5.41, 5.74) is 0.510. The van der Waals surface area contributed by atoms with Crippen molar-refractivity contribution in [2.45, 2.75) is 6.61 Å². The minimum absolute atomic E-state index is 0.132. The van der Waals surface area contributed by atoms with Crippen LogP contribution in [0.25, 0.3) is 0 Å². The predicted molar refractivity (Wildman–Crippen MR) is 61.5 cm³/mol. The average Bonchev–Trinajstić information content (AvgIpc) is 2.73. The molecule has 1 aliphatic heterocycles. The van der Waals surface area contributed by atoms with Crippen molar-refractivity contribution in [2.75, 3.05) is 17.6 Å². The number of alkyl halides is 2. The standard InChI is InChI=1S/C10H10F2N2OS/c11-9(12)15-8-4-2-1-3-7(8)14-10-13-5-6-16-10/h1-4,9H,5-6H2,(H,13,14). The van der Waals surface area contributed by atoms with Gasteiger partial charge in [-0.05, 0) is 12.1 Å². The van der Waals surface area contributed by atoms with Gasteiger partial charge in [-0.1, -0.05) is 23.9 Å². The van der Waals surface area contributed by atoms with Crippen LogP contribution in [0.2, 0.25) is 0 Å². The lowest BCUT2D eigenvalue weighted by molar-refractivity contribution is -0.0493. The maximum atomic E-state index is 12.1. The average molecular weight is 244 g/mol. The Balaban J connectivity index is 2.12. The highest BCUT2D eigenvalue weighted by Gasteiger charge is 2.12. The molecule has 0 bridgehead atoms. The van der Waals surface area contributed by atoms with Crippen molar-refractivity contribution in [1.82, 2.24) is 0 Å². The van der Waals surface area contributed by atoms with Gasteiger partial charge in [-0.25, -0.2) is 0 Å². The van der Waals surface area contributed by atoms with Crippen LogP contribution in [-0.2, 0) is 0 Å². The predicted octanol–water partition coefficient (Wildman–Crippen LogP) is 2.80. The number of nitrogens with zero attached hydrogens (tertiary/aromatic N) is 1. The summed E-state index contributed by atoms with van der Waals surface area (Å²) in [5, 5.41) is 3.71. The number of aliphatic imine (C=N–C) groups is 1. The topological polar surface area (TPSA) is 33.6 Å². The Bertz CT molecular complexity index is 398. The van der Waals surface area contributed by atoms with Gasteiger partial charge in [-0.2, -0.15) is 8.78 Å². The maximum Gasteiger partial charge on any atom is 0.387 e. The zero-order chi connectivity index (χ0) is 11.4. The lowest BCUT2D eigenvalue weighted by atomic mass is 10.3. The third-order valence-electron chi connectivity index (χ3n) is 1.93. The van der Waals surface area contributed by atoms with Crippen LogP contribution in [0, 0.1) is 0 Å². The summed E-state index contributed by atoms with van der Waals surface area (Å²) in [6, 6.07) is 6.57. The molecule has 86 valence electrons. The summed E-state index contributed by atoms with van der Waals surface area (Å²) in [6.45, 7) is -2.06. The number of benzene rings is 1. The Labute approximate surface area is 95.9 Å². The van der Waals surface area contributed by atoms with Gasteiger partial charge in [0.15, 0.2) is 5.17 Å². The fraction of sp³-hybridized carbons (Fsp3) is 0.300. The zero-order valence-corrected chi connectivity index (χ0v) is 9.14. The highest BCUT2D eigenvalue weighted by molar-refractivity contribution is 8.14. The van der Waals surface area contributed by atoms with Crippen LogP contribution < -0.4 is 10.1 Å². The maximum absolute atomic E-state index is 12.1. The number of ether oxygens (including phenoxy) is 1. The Morgan fingerprint density at radius 3 is 2.88 bits per heavy atom. The molecule has 0 radical (unpaired) electrons. The molecule has 0 saturated carbocycles. The van der Waals surface area contributed by atoms with Crippen molar-refractivity contribution in [1.29, 1.82) is 0 Å². The SMILES string of the molecule is FC(F)Oc1ccccc1NC1=NCCS1. The van der Waals surface area contributed by atoms with Crippen LogP contribution in [0.3, 0.4) is 0 Å². The van der Waals surface area contributed by atoms with E-state index in [1.54, 1.807) is 30.0 Å². The molecule has 1 aromatic carbocycles. The Hall–Kier alpha value is -1.30. The molecule has 0 aromatic heterocycles. The first kappa shape index (κ1) is 11.2. The molecule has 1 aromatic rings. The van der Waals surface area contributed by atoms with E-state index in [-0.39, 0.29) is 5.75 Å². The number of para-hydroxylation sites is 2. The van der Waals surface area contributed by atoms with Crippen LogP contribution in [0.4, 0.5) is 14.5 Å². The van der Waals surface area contributed by atoms with Crippen LogP contribution in [0.5, 0.6) is 5.75 Å².